The second kappa shape index (κ2) is 5.72. The second-order valence-electron chi connectivity index (χ2n) is 6.22. The van der Waals surface area contributed by atoms with Crippen molar-refractivity contribution in [1.82, 2.24) is 10.2 Å². The van der Waals surface area contributed by atoms with Gasteiger partial charge in [-0.25, -0.2) is 0 Å². The molecule has 2 saturated heterocycles. The Labute approximate surface area is 120 Å². The van der Waals surface area contributed by atoms with Crippen molar-refractivity contribution >= 4 is 11.8 Å². The highest BCUT2D eigenvalue weighted by atomic mass is 16.5. The van der Waals surface area contributed by atoms with E-state index in [1.54, 1.807) is 0 Å². The molecule has 2 amide bonds. The molecule has 0 aromatic carbocycles. The lowest BCUT2D eigenvalue weighted by Gasteiger charge is -2.32. The lowest BCUT2D eigenvalue weighted by Crippen LogP contribution is -2.51. The predicted molar refractivity (Wildman–Crippen MR) is 74.0 cm³/mol. The fraction of sp³-hybridized carbons (Fsp3) is 0.867. The zero-order valence-electron chi connectivity index (χ0n) is 12.1. The van der Waals surface area contributed by atoms with Crippen LogP contribution in [-0.4, -0.2) is 48.1 Å². The SMILES string of the molecule is CCCC1NC(=O)CCN(C2CCOC2C2CC2)C1=O. The largest absolute Gasteiger partial charge is 0.376 e. The van der Waals surface area contributed by atoms with E-state index in [0.717, 1.165) is 25.9 Å². The van der Waals surface area contributed by atoms with Crippen molar-refractivity contribution in [3.05, 3.63) is 0 Å². The van der Waals surface area contributed by atoms with Crippen molar-refractivity contribution in [3.63, 3.8) is 0 Å². The van der Waals surface area contributed by atoms with Crippen LogP contribution in [0.4, 0.5) is 0 Å². The third-order valence-corrected chi connectivity index (χ3v) is 4.66. The van der Waals surface area contributed by atoms with E-state index in [9.17, 15) is 9.59 Å². The first-order valence-corrected chi connectivity index (χ1v) is 7.92. The molecule has 0 radical (unpaired) electrons. The number of amides is 2. The Balaban J connectivity index is 1.75. The predicted octanol–water partition coefficient (Wildman–Crippen LogP) is 1.07. The molecule has 1 aliphatic carbocycles. The van der Waals surface area contributed by atoms with Crippen LogP contribution in [0.25, 0.3) is 0 Å². The number of hydrogen-bond donors (Lipinski definition) is 1. The standard InChI is InChI=1S/C15H24N2O3/c1-2-3-11-15(19)17(8-6-13(18)16-11)12-7-9-20-14(12)10-4-5-10/h10-12,14H,2-9H2,1H3,(H,16,18). The van der Waals surface area contributed by atoms with Crippen molar-refractivity contribution in [2.75, 3.05) is 13.2 Å². The Morgan fingerprint density at radius 1 is 1.30 bits per heavy atom. The van der Waals surface area contributed by atoms with Gasteiger partial charge in [0, 0.05) is 19.6 Å². The first-order valence-electron chi connectivity index (χ1n) is 7.92. The van der Waals surface area contributed by atoms with Crippen LogP contribution in [0.5, 0.6) is 0 Å². The molecule has 3 fully saturated rings. The van der Waals surface area contributed by atoms with E-state index in [-0.39, 0.29) is 30.0 Å². The highest BCUT2D eigenvalue weighted by molar-refractivity contribution is 5.90. The van der Waals surface area contributed by atoms with Gasteiger partial charge in [0.25, 0.3) is 0 Å². The maximum absolute atomic E-state index is 12.7. The highest BCUT2D eigenvalue weighted by Crippen LogP contribution is 2.40. The Morgan fingerprint density at radius 2 is 2.10 bits per heavy atom. The fourth-order valence-electron chi connectivity index (χ4n) is 3.48. The number of ether oxygens (including phenoxy) is 1. The fourth-order valence-corrected chi connectivity index (χ4v) is 3.48. The molecule has 2 heterocycles. The zero-order chi connectivity index (χ0) is 14.1. The van der Waals surface area contributed by atoms with Crippen molar-refractivity contribution in [2.24, 2.45) is 5.92 Å². The summed E-state index contributed by atoms with van der Waals surface area (Å²) in [6.45, 7) is 3.33. The van der Waals surface area contributed by atoms with E-state index in [0.29, 0.717) is 18.9 Å². The number of carbonyl (C=O) groups excluding carboxylic acids is 2. The minimum Gasteiger partial charge on any atom is -0.376 e. The number of nitrogens with zero attached hydrogens (tertiary/aromatic N) is 1. The van der Waals surface area contributed by atoms with Crippen molar-refractivity contribution in [1.29, 1.82) is 0 Å². The first kappa shape index (κ1) is 13.9. The van der Waals surface area contributed by atoms with Crippen molar-refractivity contribution in [2.45, 2.75) is 63.6 Å². The van der Waals surface area contributed by atoms with Crippen LogP contribution in [0, 0.1) is 5.92 Å². The average Bonchev–Trinajstić information content (AvgIpc) is 3.18. The molecule has 20 heavy (non-hydrogen) atoms. The molecule has 0 bridgehead atoms. The van der Waals surface area contributed by atoms with E-state index in [2.05, 4.69) is 5.32 Å². The maximum Gasteiger partial charge on any atom is 0.245 e. The van der Waals surface area contributed by atoms with E-state index >= 15 is 0 Å². The number of hydrogen-bond acceptors (Lipinski definition) is 3. The van der Waals surface area contributed by atoms with E-state index in [1.165, 1.54) is 12.8 Å². The number of rotatable bonds is 4. The molecule has 0 spiro atoms. The van der Waals surface area contributed by atoms with Crippen LogP contribution in [0.15, 0.2) is 0 Å². The average molecular weight is 280 g/mol. The van der Waals surface area contributed by atoms with Gasteiger partial charge in [-0.15, -0.1) is 0 Å². The minimum absolute atomic E-state index is 0.00110. The Kier molecular flexibility index (Phi) is 3.96. The molecule has 3 atom stereocenters. The molecule has 3 unspecified atom stereocenters. The molecule has 5 nitrogen and oxygen atoms in total. The molecule has 112 valence electrons. The molecule has 3 aliphatic rings. The quantitative estimate of drug-likeness (QED) is 0.838. The van der Waals surface area contributed by atoms with Crippen molar-refractivity contribution < 1.29 is 14.3 Å². The van der Waals surface area contributed by atoms with Gasteiger partial charge in [0.15, 0.2) is 0 Å². The molecule has 1 N–H and O–H groups in total. The van der Waals surface area contributed by atoms with Gasteiger partial charge >= 0.3 is 0 Å². The van der Waals surface area contributed by atoms with Gasteiger partial charge in [-0.3, -0.25) is 9.59 Å². The molecular weight excluding hydrogens is 256 g/mol. The Hall–Kier alpha value is -1.10. The summed E-state index contributed by atoms with van der Waals surface area (Å²) in [4.78, 5) is 26.4. The van der Waals surface area contributed by atoms with Gasteiger partial charge in [-0.05, 0) is 31.6 Å². The van der Waals surface area contributed by atoms with Crippen LogP contribution < -0.4 is 5.32 Å². The van der Waals surface area contributed by atoms with E-state index in [4.69, 9.17) is 4.74 Å². The maximum atomic E-state index is 12.7. The molecule has 0 aromatic heterocycles. The molecule has 3 rings (SSSR count). The highest BCUT2D eigenvalue weighted by Gasteiger charge is 2.45. The van der Waals surface area contributed by atoms with Gasteiger partial charge in [0.1, 0.15) is 6.04 Å². The summed E-state index contributed by atoms with van der Waals surface area (Å²) in [6.07, 6.45) is 5.60. The third kappa shape index (κ3) is 2.68. The van der Waals surface area contributed by atoms with Crippen LogP contribution in [-0.2, 0) is 14.3 Å². The topological polar surface area (TPSA) is 58.6 Å². The molecular formula is C15H24N2O3. The van der Waals surface area contributed by atoms with Gasteiger partial charge in [0.2, 0.25) is 11.8 Å². The molecule has 5 heteroatoms. The summed E-state index contributed by atoms with van der Waals surface area (Å²) in [5.74, 6) is 0.729. The number of carbonyl (C=O) groups is 2. The smallest absolute Gasteiger partial charge is 0.245 e. The van der Waals surface area contributed by atoms with Crippen LogP contribution in [0.1, 0.15) is 45.4 Å². The van der Waals surface area contributed by atoms with E-state index < -0.39 is 0 Å². The summed E-state index contributed by atoms with van der Waals surface area (Å²) >= 11 is 0. The summed E-state index contributed by atoms with van der Waals surface area (Å²) in [5, 5.41) is 2.87. The monoisotopic (exact) mass is 280 g/mol. The normalized spacial score (nSPS) is 35.0. The van der Waals surface area contributed by atoms with Crippen LogP contribution in [0.2, 0.25) is 0 Å². The summed E-state index contributed by atoms with van der Waals surface area (Å²) < 4.78 is 5.85. The minimum atomic E-state index is -0.338. The summed E-state index contributed by atoms with van der Waals surface area (Å²) in [7, 11) is 0. The van der Waals surface area contributed by atoms with Gasteiger partial charge in [0.05, 0.1) is 12.1 Å². The molecule has 2 aliphatic heterocycles. The molecule has 1 saturated carbocycles. The zero-order valence-corrected chi connectivity index (χ0v) is 12.1. The number of nitrogens with one attached hydrogen (secondary N) is 1. The first-order chi connectivity index (χ1) is 9.70. The lowest BCUT2D eigenvalue weighted by atomic mass is 10.0. The van der Waals surface area contributed by atoms with Gasteiger partial charge in [-0.1, -0.05) is 13.3 Å². The van der Waals surface area contributed by atoms with Crippen molar-refractivity contribution in [3.8, 4) is 0 Å². The Bertz CT molecular complexity index is 395. The van der Waals surface area contributed by atoms with Gasteiger partial charge in [-0.2, -0.15) is 0 Å². The summed E-state index contributed by atoms with van der Waals surface area (Å²) in [5.41, 5.74) is 0. The van der Waals surface area contributed by atoms with Crippen LogP contribution in [0.3, 0.4) is 0 Å². The lowest BCUT2D eigenvalue weighted by molar-refractivity contribution is -0.137. The molecule has 0 aromatic rings. The third-order valence-electron chi connectivity index (χ3n) is 4.66. The summed E-state index contributed by atoms with van der Waals surface area (Å²) in [6, 6.07) is -0.155. The Morgan fingerprint density at radius 3 is 2.80 bits per heavy atom. The second-order valence-corrected chi connectivity index (χ2v) is 6.22. The van der Waals surface area contributed by atoms with Crippen LogP contribution >= 0.6 is 0 Å². The van der Waals surface area contributed by atoms with Gasteiger partial charge < -0.3 is 15.0 Å². The van der Waals surface area contributed by atoms with E-state index in [1.807, 2.05) is 11.8 Å².